The standard InChI is InChI=1S/C16H19F2NO4/c1-3-11(2)19-14(20)10-22-15(21)9-6-12-4-7-13(8-5-12)23-16(17)18/h4-9,11,16H,3,10H2,1-2H3,(H,19,20)/b9-6+/t11-/m1/s1. The van der Waals surface area contributed by atoms with Gasteiger partial charge in [-0.3, -0.25) is 4.79 Å². The maximum absolute atomic E-state index is 12.0. The zero-order valence-corrected chi connectivity index (χ0v) is 12.9. The van der Waals surface area contributed by atoms with E-state index in [2.05, 4.69) is 10.1 Å². The lowest BCUT2D eigenvalue weighted by atomic mass is 10.2. The van der Waals surface area contributed by atoms with Crippen molar-refractivity contribution in [2.45, 2.75) is 32.9 Å². The molecule has 23 heavy (non-hydrogen) atoms. The molecule has 1 amide bonds. The Labute approximate surface area is 133 Å². The van der Waals surface area contributed by atoms with E-state index >= 15 is 0 Å². The first-order valence-corrected chi connectivity index (χ1v) is 7.09. The molecule has 7 heteroatoms. The quantitative estimate of drug-likeness (QED) is 0.589. The predicted molar refractivity (Wildman–Crippen MR) is 81.0 cm³/mol. The van der Waals surface area contributed by atoms with Crippen molar-refractivity contribution in [2.75, 3.05) is 6.61 Å². The van der Waals surface area contributed by atoms with Gasteiger partial charge in [0.25, 0.3) is 5.91 Å². The van der Waals surface area contributed by atoms with Crippen LogP contribution in [0.1, 0.15) is 25.8 Å². The van der Waals surface area contributed by atoms with Gasteiger partial charge in [-0.15, -0.1) is 0 Å². The van der Waals surface area contributed by atoms with E-state index < -0.39 is 12.6 Å². The van der Waals surface area contributed by atoms with Crippen molar-refractivity contribution in [2.24, 2.45) is 0 Å². The second kappa shape index (κ2) is 9.55. The molecule has 1 rings (SSSR count). The van der Waals surface area contributed by atoms with E-state index in [1.54, 1.807) is 0 Å². The zero-order chi connectivity index (χ0) is 17.2. The van der Waals surface area contributed by atoms with E-state index in [1.165, 1.54) is 30.3 Å². The van der Waals surface area contributed by atoms with E-state index in [-0.39, 0.29) is 24.3 Å². The summed E-state index contributed by atoms with van der Waals surface area (Å²) in [5.74, 6) is -1.01. The summed E-state index contributed by atoms with van der Waals surface area (Å²) in [6, 6.07) is 5.76. The molecular formula is C16H19F2NO4. The Hall–Kier alpha value is -2.44. The monoisotopic (exact) mass is 327 g/mol. The number of alkyl halides is 2. The van der Waals surface area contributed by atoms with Crippen LogP contribution in [0.2, 0.25) is 0 Å². The van der Waals surface area contributed by atoms with Crippen LogP contribution in [0.15, 0.2) is 30.3 Å². The number of ether oxygens (including phenoxy) is 2. The van der Waals surface area contributed by atoms with Crippen molar-refractivity contribution in [3.8, 4) is 5.75 Å². The van der Waals surface area contributed by atoms with Crippen molar-refractivity contribution < 1.29 is 27.8 Å². The summed E-state index contributed by atoms with van der Waals surface area (Å²) < 4.78 is 33.0. The minimum atomic E-state index is -2.88. The molecule has 0 heterocycles. The maximum Gasteiger partial charge on any atom is 0.387 e. The fourth-order valence-electron chi connectivity index (χ4n) is 1.53. The van der Waals surface area contributed by atoms with Gasteiger partial charge in [-0.25, -0.2) is 4.79 Å². The number of hydrogen-bond acceptors (Lipinski definition) is 4. The summed E-state index contributed by atoms with van der Waals surface area (Å²) in [6.45, 7) is 0.542. The highest BCUT2D eigenvalue weighted by Crippen LogP contribution is 2.15. The molecule has 0 radical (unpaired) electrons. The number of amides is 1. The summed E-state index contributed by atoms with van der Waals surface area (Å²) in [5, 5.41) is 2.67. The largest absolute Gasteiger partial charge is 0.452 e. The number of nitrogens with one attached hydrogen (secondary N) is 1. The van der Waals surface area contributed by atoms with Gasteiger partial charge in [-0.1, -0.05) is 19.1 Å². The van der Waals surface area contributed by atoms with Crippen LogP contribution in [0.4, 0.5) is 8.78 Å². The first-order valence-electron chi connectivity index (χ1n) is 7.09. The van der Waals surface area contributed by atoms with Crippen LogP contribution in [0.5, 0.6) is 5.75 Å². The van der Waals surface area contributed by atoms with Crippen LogP contribution < -0.4 is 10.1 Å². The van der Waals surface area contributed by atoms with Gasteiger partial charge in [-0.05, 0) is 37.1 Å². The lowest BCUT2D eigenvalue weighted by Crippen LogP contribution is -2.35. The van der Waals surface area contributed by atoms with Crippen LogP contribution >= 0.6 is 0 Å². The molecule has 0 aliphatic heterocycles. The topological polar surface area (TPSA) is 64.6 Å². The number of esters is 1. The van der Waals surface area contributed by atoms with Crippen molar-refractivity contribution in [1.82, 2.24) is 5.32 Å². The molecule has 1 N–H and O–H groups in total. The summed E-state index contributed by atoms with van der Waals surface area (Å²) in [7, 11) is 0. The summed E-state index contributed by atoms with van der Waals surface area (Å²) >= 11 is 0. The highest BCUT2D eigenvalue weighted by molar-refractivity contribution is 5.89. The van der Waals surface area contributed by atoms with Crippen LogP contribution in [0.25, 0.3) is 6.08 Å². The van der Waals surface area contributed by atoms with E-state index in [0.29, 0.717) is 5.56 Å². The van der Waals surface area contributed by atoms with Crippen LogP contribution in [-0.4, -0.2) is 31.1 Å². The Balaban J connectivity index is 2.41. The average Bonchev–Trinajstić information content (AvgIpc) is 2.51. The van der Waals surface area contributed by atoms with Gasteiger partial charge in [0.15, 0.2) is 6.61 Å². The normalized spacial score (nSPS) is 12.2. The zero-order valence-electron chi connectivity index (χ0n) is 12.9. The third kappa shape index (κ3) is 7.94. The van der Waals surface area contributed by atoms with Crippen LogP contribution in [-0.2, 0) is 14.3 Å². The summed E-state index contributed by atoms with van der Waals surface area (Å²) in [5.41, 5.74) is 0.604. The number of benzene rings is 1. The van der Waals surface area contributed by atoms with Gasteiger partial charge >= 0.3 is 12.6 Å². The summed E-state index contributed by atoms with van der Waals surface area (Å²) in [4.78, 5) is 22.9. The molecule has 1 atom stereocenters. The predicted octanol–water partition coefficient (Wildman–Crippen LogP) is 2.76. The SMILES string of the molecule is CC[C@@H](C)NC(=O)COC(=O)/C=C/c1ccc(OC(F)F)cc1. The molecule has 5 nitrogen and oxygen atoms in total. The third-order valence-electron chi connectivity index (χ3n) is 2.88. The summed E-state index contributed by atoms with van der Waals surface area (Å²) in [6.07, 6.45) is 3.38. The van der Waals surface area contributed by atoms with Gasteiger partial charge < -0.3 is 14.8 Å². The number of rotatable bonds is 8. The highest BCUT2D eigenvalue weighted by atomic mass is 19.3. The van der Waals surface area contributed by atoms with Gasteiger partial charge in [0.1, 0.15) is 5.75 Å². The molecule has 0 aromatic heterocycles. The van der Waals surface area contributed by atoms with Crippen LogP contribution in [0, 0.1) is 0 Å². The number of carbonyl (C=O) groups excluding carboxylic acids is 2. The lowest BCUT2D eigenvalue weighted by molar-refractivity contribution is -0.144. The lowest BCUT2D eigenvalue weighted by Gasteiger charge is -2.10. The van der Waals surface area contributed by atoms with Gasteiger partial charge in [0.2, 0.25) is 0 Å². The molecular weight excluding hydrogens is 308 g/mol. The highest BCUT2D eigenvalue weighted by Gasteiger charge is 2.07. The number of carbonyl (C=O) groups is 2. The molecule has 1 aromatic rings. The third-order valence-corrected chi connectivity index (χ3v) is 2.88. The van der Waals surface area contributed by atoms with Gasteiger partial charge in [0, 0.05) is 12.1 Å². The Morgan fingerprint density at radius 1 is 1.26 bits per heavy atom. The van der Waals surface area contributed by atoms with Crippen molar-refractivity contribution in [1.29, 1.82) is 0 Å². The second-order valence-electron chi connectivity index (χ2n) is 4.77. The molecule has 0 aliphatic carbocycles. The Kier molecular flexibility index (Phi) is 7.73. The molecule has 0 aliphatic rings. The van der Waals surface area contributed by atoms with E-state index in [0.717, 1.165) is 12.5 Å². The Morgan fingerprint density at radius 2 is 1.91 bits per heavy atom. The second-order valence-corrected chi connectivity index (χ2v) is 4.77. The van der Waals surface area contributed by atoms with Gasteiger partial charge in [-0.2, -0.15) is 8.78 Å². The van der Waals surface area contributed by atoms with Crippen molar-refractivity contribution >= 4 is 18.0 Å². The van der Waals surface area contributed by atoms with Gasteiger partial charge in [0.05, 0.1) is 0 Å². The van der Waals surface area contributed by atoms with E-state index in [4.69, 9.17) is 4.74 Å². The molecule has 0 saturated heterocycles. The smallest absolute Gasteiger partial charge is 0.387 e. The first-order chi connectivity index (χ1) is 10.9. The molecule has 0 spiro atoms. The molecule has 0 unspecified atom stereocenters. The minimum absolute atomic E-state index is 0.0192. The molecule has 0 bridgehead atoms. The molecule has 0 fully saturated rings. The molecule has 126 valence electrons. The molecule has 0 saturated carbocycles. The average molecular weight is 327 g/mol. The maximum atomic E-state index is 12.0. The van der Waals surface area contributed by atoms with Crippen molar-refractivity contribution in [3.05, 3.63) is 35.9 Å². The Bertz CT molecular complexity index is 544. The fraction of sp³-hybridized carbons (Fsp3) is 0.375. The van der Waals surface area contributed by atoms with E-state index in [1.807, 2.05) is 13.8 Å². The Morgan fingerprint density at radius 3 is 2.48 bits per heavy atom. The van der Waals surface area contributed by atoms with Crippen molar-refractivity contribution in [3.63, 3.8) is 0 Å². The molecule has 1 aromatic carbocycles. The number of hydrogen-bond donors (Lipinski definition) is 1. The minimum Gasteiger partial charge on any atom is -0.452 e. The first kappa shape index (κ1) is 18.6. The number of halogens is 2. The fourth-order valence-corrected chi connectivity index (χ4v) is 1.53. The van der Waals surface area contributed by atoms with Crippen LogP contribution in [0.3, 0.4) is 0 Å². The van der Waals surface area contributed by atoms with E-state index in [9.17, 15) is 18.4 Å².